The smallest absolute Gasteiger partial charge is 0.312 e. The van der Waals surface area contributed by atoms with Crippen LogP contribution < -0.4 is 0 Å². The maximum atomic E-state index is 13.2. The molecular formula is C17H22N2O3. The highest BCUT2D eigenvalue weighted by molar-refractivity contribution is 6.08. The number of pyridine rings is 1. The largest absolute Gasteiger partial charge is 0.469 e. The minimum atomic E-state index is -0.950. The van der Waals surface area contributed by atoms with Gasteiger partial charge in [0.05, 0.1) is 29.3 Å². The molecular weight excluding hydrogens is 280 g/mol. The average Bonchev–Trinajstić information content (AvgIpc) is 2.80. The minimum Gasteiger partial charge on any atom is -0.469 e. The van der Waals surface area contributed by atoms with Crippen LogP contribution in [0.5, 0.6) is 0 Å². The highest BCUT2D eigenvalue weighted by Gasteiger charge is 2.50. The van der Waals surface area contributed by atoms with E-state index in [0.717, 1.165) is 5.52 Å². The van der Waals surface area contributed by atoms with Crippen LogP contribution >= 0.6 is 0 Å². The first-order chi connectivity index (χ1) is 10.1. The van der Waals surface area contributed by atoms with Crippen molar-refractivity contribution >= 4 is 17.3 Å². The first-order valence-electron chi connectivity index (χ1n) is 7.21. The van der Waals surface area contributed by atoms with Gasteiger partial charge >= 0.3 is 5.97 Å². The molecule has 0 aliphatic carbocycles. The molecule has 2 aromatic rings. The molecule has 0 N–H and O–H groups in total. The van der Waals surface area contributed by atoms with Crippen LogP contribution in [0.1, 0.15) is 43.7 Å². The van der Waals surface area contributed by atoms with Gasteiger partial charge in [0.15, 0.2) is 5.78 Å². The van der Waals surface area contributed by atoms with E-state index < -0.39 is 16.8 Å². The Bertz CT molecular complexity index is 741. The number of aromatic nitrogens is 2. The van der Waals surface area contributed by atoms with Gasteiger partial charge in [0, 0.05) is 11.6 Å². The molecule has 0 atom stereocenters. The summed E-state index contributed by atoms with van der Waals surface area (Å²) in [6.45, 7) is 8.83. The summed E-state index contributed by atoms with van der Waals surface area (Å²) in [5, 5.41) is 4.37. The molecule has 2 heterocycles. The number of nitrogens with zero attached hydrogens (tertiary/aromatic N) is 2. The van der Waals surface area contributed by atoms with E-state index in [2.05, 4.69) is 5.10 Å². The highest BCUT2D eigenvalue weighted by atomic mass is 16.5. The summed E-state index contributed by atoms with van der Waals surface area (Å²) in [5.41, 5.74) is 0.0877. The molecule has 5 nitrogen and oxygen atoms in total. The maximum absolute atomic E-state index is 13.2. The predicted octanol–water partition coefficient (Wildman–Crippen LogP) is 3.05. The van der Waals surface area contributed by atoms with Crippen molar-refractivity contribution in [2.45, 2.75) is 34.6 Å². The fourth-order valence-corrected chi connectivity index (χ4v) is 2.50. The zero-order valence-electron chi connectivity index (χ0n) is 13.9. The Kier molecular flexibility index (Phi) is 3.85. The zero-order valence-corrected chi connectivity index (χ0v) is 13.9. The summed E-state index contributed by atoms with van der Waals surface area (Å²) in [5.74, 6) is -0.512. The molecule has 0 radical (unpaired) electrons. The molecule has 0 bridgehead atoms. The topological polar surface area (TPSA) is 60.7 Å². The number of carbonyl (C=O) groups excluding carboxylic acids is 2. The summed E-state index contributed by atoms with van der Waals surface area (Å²) in [6, 6.07) is 5.58. The summed E-state index contributed by atoms with van der Waals surface area (Å²) >= 11 is 0. The molecule has 0 unspecified atom stereocenters. The van der Waals surface area contributed by atoms with Crippen LogP contribution in [-0.4, -0.2) is 28.5 Å². The molecule has 0 saturated carbocycles. The van der Waals surface area contributed by atoms with Gasteiger partial charge in [-0.25, -0.2) is 4.52 Å². The molecule has 22 heavy (non-hydrogen) atoms. The van der Waals surface area contributed by atoms with Crippen molar-refractivity contribution in [2.24, 2.45) is 10.8 Å². The first kappa shape index (κ1) is 16.2. The van der Waals surface area contributed by atoms with E-state index in [0.29, 0.717) is 11.3 Å². The monoisotopic (exact) mass is 302 g/mol. The Balaban J connectivity index is 2.58. The van der Waals surface area contributed by atoms with Crippen molar-refractivity contribution in [3.63, 3.8) is 0 Å². The fourth-order valence-electron chi connectivity index (χ4n) is 2.50. The molecule has 2 aromatic heterocycles. The lowest BCUT2D eigenvalue weighted by Gasteiger charge is -2.37. The van der Waals surface area contributed by atoms with Gasteiger partial charge in [-0.1, -0.05) is 19.9 Å². The van der Waals surface area contributed by atoms with Gasteiger partial charge in [-0.3, -0.25) is 9.59 Å². The second-order valence-corrected chi connectivity index (χ2v) is 6.56. The van der Waals surface area contributed by atoms with Crippen molar-refractivity contribution in [3.8, 4) is 0 Å². The molecule has 0 aromatic carbocycles. The summed E-state index contributed by atoms with van der Waals surface area (Å²) in [6.07, 6.45) is 1.80. The van der Waals surface area contributed by atoms with E-state index in [9.17, 15) is 9.59 Å². The lowest BCUT2D eigenvalue weighted by atomic mass is 9.64. The quantitative estimate of drug-likeness (QED) is 0.643. The third-order valence-corrected chi connectivity index (χ3v) is 4.77. The molecule has 118 valence electrons. The number of fused-ring (bicyclic) bond motifs is 1. The fraction of sp³-hybridized carbons (Fsp3) is 0.471. The number of ketones is 1. The Labute approximate surface area is 130 Å². The van der Waals surface area contributed by atoms with Gasteiger partial charge in [0.2, 0.25) is 0 Å². The van der Waals surface area contributed by atoms with Crippen molar-refractivity contribution in [3.05, 3.63) is 35.7 Å². The second-order valence-electron chi connectivity index (χ2n) is 6.56. The van der Waals surface area contributed by atoms with E-state index in [1.807, 2.05) is 18.2 Å². The van der Waals surface area contributed by atoms with Crippen molar-refractivity contribution in [2.75, 3.05) is 7.11 Å². The number of ether oxygens (including phenoxy) is 1. The lowest BCUT2D eigenvalue weighted by Crippen LogP contribution is -2.45. The number of carbonyl (C=O) groups is 2. The number of aryl methyl sites for hydroxylation is 1. The normalized spacial score (nSPS) is 12.5. The Hall–Kier alpha value is -2.17. The van der Waals surface area contributed by atoms with Gasteiger partial charge in [-0.15, -0.1) is 0 Å². The van der Waals surface area contributed by atoms with Crippen LogP contribution in [0, 0.1) is 17.8 Å². The summed E-state index contributed by atoms with van der Waals surface area (Å²) in [4.78, 5) is 25.3. The summed E-state index contributed by atoms with van der Waals surface area (Å²) in [7, 11) is 1.34. The van der Waals surface area contributed by atoms with Gasteiger partial charge in [-0.2, -0.15) is 5.10 Å². The number of hydrogen-bond acceptors (Lipinski definition) is 4. The van der Waals surface area contributed by atoms with Crippen molar-refractivity contribution in [1.29, 1.82) is 0 Å². The van der Waals surface area contributed by atoms with E-state index >= 15 is 0 Å². The standard InChI is InChI=1S/C17H22N2O3/c1-11-13(12-9-7-8-10-19(12)18-11)14(20)16(2,3)17(4,5)15(21)22-6/h7-10H,1-6H3. The van der Waals surface area contributed by atoms with E-state index in [1.165, 1.54) is 7.11 Å². The number of rotatable bonds is 4. The number of esters is 1. The maximum Gasteiger partial charge on any atom is 0.312 e. The first-order valence-corrected chi connectivity index (χ1v) is 7.21. The Morgan fingerprint density at radius 3 is 2.36 bits per heavy atom. The lowest BCUT2D eigenvalue weighted by molar-refractivity contribution is -0.155. The molecule has 0 fully saturated rings. The number of methoxy groups -OCH3 is 1. The van der Waals surface area contributed by atoms with Gasteiger partial charge < -0.3 is 4.74 Å². The van der Waals surface area contributed by atoms with Gasteiger partial charge in [-0.05, 0) is 32.9 Å². The van der Waals surface area contributed by atoms with E-state index in [-0.39, 0.29) is 5.78 Å². The van der Waals surface area contributed by atoms with Crippen LogP contribution in [0.15, 0.2) is 24.4 Å². The number of hydrogen-bond donors (Lipinski definition) is 0. The molecule has 0 aliphatic heterocycles. The van der Waals surface area contributed by atoms with Crippen LogP contribution in [0.25, 0.3) is 5.52 Å². The molecule has 0 saturated heterocycles. The molecule has 2 rings (SSSR count). The molecule has 0 amide bonds. The van der Waals surface area contributed by atoms with Crippen LogP contribution in [0.2, 0.25) is 0 Å². The SMILES string of the molecule is COC(=O)C(C)(C)C(C)(C)C(=O)c1c(C)nn2ccccc12. The van der Waals surface area contributed by atoms with Crippen LogP contribution in [-0.2, 0) is 9.53 Å². The predicted molar refractivity (Wildman–Crippen MR) is 83.8 cm³/mol. The zero-order chi connectivity index (χ0) is 16.7. The van der Waals surface area contributed by atoms with Crippen LogP contribution in [0.3, 0.4) is 0 Å². The highest BCUT2D eigenvalue weighted by Crippen LogP contribution is 2.43. The van der Waals surface area contributed by atoms with E-state index in [4.69, 9.17) is 4.74 Å². The Morgan fingerprint density at radius 2 is 1.77 bits per heavy atom. The van der Waals surface area contributed by atoms with Crippen LogP contribution in [0.4, 0.5) is 0 Å². The molecule has 0 spiro atoms. The van der Waals surface area contributed by atoms with E-state index in [1.54, 1.807) is 45.3 Å². The minimum absolute atomic E-state index is 0.110. The van der Waals surface area contributed by atoms with Crippen molar-refractivity contribution < 1.29 is 14.3 Å². The third kappa shape index (κ3) is 2.21. The summed E-state index contributed by atoms with van der Waals surface area (Å²) < 4.78 is 6.56. The van der Waals surface area contributed by atoms with Gasteiger partial charge in [0.25, 0.3) is 0 Å². The van der Waals surface area contributed by atoms with Crippen molar-refractivity contribution in [1.82, 2.24) is 9.61 Å². The second kappa shape index (κ2) is 5.23. The number of Topliss-reactive ketones (excluding diaryl/α,β-unsaturated/α-hetero) is 1. The third-order valence-electron chi connectivity index (χ3n) is 4.77. The average molecular weight is 302 g/mol. The Morgan fingerprint density at radius 1 is 1.14 bits per heavy atom. The molecule has 0 aliphatic rings. The van der Waals surface area contributed by atoms with Gasteiger partial charge in [0.1, 0.15) is 0 Å². The molecule has 5 heteroatoms.